The third kappa shape index (κ3) is 2.75. The van der Waals surface area contributed by atoms with Crippen LogP contribution in [0.3, 0.4) is 0 Å². The van der Waals surface area contributed by atoms with Crippen LogP contribution in [0.2, 0.25) is 0 Å². The van der Waals surface area contributed by atoms with E-state index in [0.717, 1.165) is 36.3 Å². The number of benzene rings is 2. The number of hydrogen-bond donors (Lipinski definition) is 2. The van der Waals surface area contributed by atoms with Crippen LogP contribution in [-0.4, -0.2) is 21.2 Å². The summed E-state index contributed by atoms with van der Waals surface area (Å²) in [5.41, 5.74) is 3.74. The molecule has 1 aliphatic carbocycles. The summed E-state index contributed by atoms with van der Waals surface area (Å²) in [5.74, 6) is 1.03. The average molecular weight is 335 g/mol. The Morgan fingerprint density at radius 3 is 2.80 bits per heavy atom. The van der Waals surface area contributed by atoms with Gasteiger partial charge in [0.05, 0.1) is 17.1 Å². The van der Waals surface area contributed by atoms with Crippen LogP contribution in [0.1, 0.15) is 43.3 Å². The number of aryl methyl sites for hydroxylation is 2. The van der Waals surface area contributed by atoms with Crippen molar-refractivity contribution in [1.29, 1.82) is 0 Å². The lowest BCUT2D eigenvalue weighted by atomic mass is 9.95. The van der Waals surface area contributed by atoms with E-state index in [4.69, 9.17) is 4.98 Å². The Balaban J connectivity index is 1.56. The van der Waals surface area contributed by atoms with E-state index in [9.17, 15) is 5.11 Å². The Bertz CT molecular complexity index is 901. The van der Waals surface area contributed by atoms with Crippen LogP contribution in [0.5, 0.6) is 0 Å². The summed E-state index contributed by atoms with van der Waals surface area (Å²) in [6.45, 7) is 5.69. The number of fused-ring (bicyclic) bond motifs is 2. The normalized spacial score (nSPS) is 20.8. The summed E-state index contributed by atoms with van der Waals surface area (Å²) >= 11 is 0. The SMILES string of the molecule is CCn1c(C(C)NCC2(O)CCc3ccccc32)nc2ccccc21. The molecule has 2 atom stereocenters. The smallest absolute Gasteiger partial charge is 0.126 e. The van der Waals surface area contributed by atoms with Crippen molar-refractivity contribution in [3.8, 4) is 0 Å². The second-order valence-corrected chi connectivity index (χ2v) is 6.99. The lowest BCUT2D eigenvalue weighted by Gasteiger charge is -2.27. The first-order valence-electron chi connectivity index (χ1n) is 9.11. The molecule has 2 unspecified atom stereocenters. The molecule has 4 nitrogen and oxygen atoms in total. The van der Waals surface area contributed by atoms with E-state index in [1.54, 1.807) is 0 Å². The van der Waals surface area contributed by atoms with Crippen molar-refractivity contribution in [2.45, 2.75) is 44.9 Å². The monoisotopic (exact) mass is 335 g/mol. The van der Waals surface area contributed by atoms with E-state index in [-0.39, 0.29) is 6.04 Å². The Morgan fingerprint density at radius 1 is 1.20 bits per heavy atom. The van der Waals surface area contributed by atoms with Gasteiger partial charge >= 0.3 is 0 Å². The number of nitrogens with zero attached hydrogens (tertiary/aromatic N) is 2. The van der Waals surface area contributed by atoms with Gasteiger partial charge in [0.15, 0.2) is 0 Å². The van der Waals surface area contributed by atoms with E-state index in [0.29, 0.717) is 6.54 Å². The fraction of sp³-hybridized carbons (Fsp3) is 0.381. The maximum absolute atomic E-state index is 11.1. The molecule has 1 aromatic heterocycles. The predicted molar refractivity (Wildman–Crippen MR) is 100 cm³/mol. The summed E-state index contributed by atoms with van der Waals surface area (Å²) in [5, 5.41) is 14.6. The highest BCUT2D eigenvalue weighted by Crippen LogP contribution is 2.36. The van der Waals surface area contributed by atoms with Gasteiger partial charge in [-0.2, -0.15) is 0 Å². The van der Waals surface area contributed by atoms with Crippen molar-refractivity contribution in [2.75, 3.05) is 6.54 Å². The summed E-state index contributed by atoms with van der Waals surface area (Å²) in [6, 6.07) is 16.5. The van der Waals surface area contributed by atoms with Crippen molar-refractivity contribution >= 4 is 11.0 Å². The molecule has 130 valence electrons. The number of para-hydroxylation sites is 2. The quantitative estimate of drug-likeness (QED) is 0.750. The third-order valence-electron chi connectivity index (χ3n) is 5.41. The maximum Gasteiger partial charge on any atom is 0.126 e. The standard InChI is InChI=1S/C21H25N3O/c1-3-24-19-11-7-6-10-18(19)23-20(24)15(2)22-14-21(25)13-12-16-8-4-5-9-17(16)21/h4-11,15,22,25H,3,12-14H2,1-2H3. The fourth-order valence-corrected chi connectivity index (χ4v) is 4.02. The number of rotatable bonds is 5. The summed E-state index contributed by atoms with van der Waals surface area (Å²) < 4.78 is 2.25. The van der Waals surface area contributed by atoms with Crippen LogP contribution < -0.4 is 5.32 Å². The second-order valence-electron chi connectivity index (χ2n) is 6.99. The minimum atomic E-state index is -0.784. The zero-order valence-electron chi connectivity index (χ0n) is 14.9. The van der Waals surface area contributed by atoms with Gasteiger partial charge in [-0.15, -0.1) is 0 Å². The van der Waals surface area contributed by atoms with Crippen LogP contribution in [-0.2, 0) is 18.6 Å². The molecule has 0 spiro atoms. The van der Waals surface area contributed by atoms with E-state index in [1.165, 1.54) is 11.1 Å². The van der Waals surface area contributed by atoms with Gasteiger partial charge in [0, 0.05) is 13.1 Å². The van der Waals surface area contributed by atoms with Crippen LogP contribution in [0.25, 0.3) is 11.0 Å². The number of nitrogens with one attached hydrogen (secondary N) is 1. The molecule has 0 saturated heterocycles. The molecule has 1 aliphatic rings. The lowest BCUT2D eigenvalue weighted by molar-refractivity contribution is 0.0360. The molecule has 0 fully saturated rings. The first-order chi connectivity index (χ1) is 12.1. The fourth-order valence-electron chi connectivity index (χ4n) is 4.02. The Hall–Kier alpha value is -2.17. The molecule has 0 aliphatic heterocycles. The molecule has 4 heteroatoms. The highest BCUT2D eigenvalue weighted by atomic mass is 16.3. The van der Waals surface area contributed by atoms with Gasteiger partial charge in [-0.25, -0.2) is 4.98 Å². The van der Waals surface area contributed by atoms with E-state index < -0.39 is 5.60 Å². The lowest BCUT2D eigenvalue weighted by Crippen LogP contribution is -2.38. The molecular weight excluding hydrogens is 310 g/mol. The Kier molecular flexibility index (Phi) is 4.10. The zero-order valence-corrected chi connectivity index (χ0v) is 14.9. The van der Waals surface area contributed by atoms with E-state index in [1.807, 2.05) is 18.2 Å². The van der Waals surface area contributed by atoms with Crippen molar-refractivity contribution in [1.82, 2.24) is 14.9 Å². The summed E-state index contributed by atoms with van der Waals surface area (Å²) in [7, 11) is 0. The average Bonchev–Trinajstić information content (AvgIpc) is 3.19. The van der Waals surface area contributed by atoms with Gasteiger partial charge in [-0.05, 0) is 49.9 Å². The molecule has 0 saturated carbocycles. The number of hydrogen-bond acceptors (Lipinski definition) is 3. The molecule has 2 aromatic carbocycles. The van der Waals surface area contributed by atoms with Crippen LogP contribution in [0.15, 0.2) is 48.5 Å². The number of aliphatic hydroxyl groups is 1. The zero-order chi connectivity index (χ0) is 17.4. The number of imidazole rings is 1. The maximum atomic E-state index is 11.1. The van der Waals surface area contributed by atoms with Gasteiger partial charge in [0.1, 0.15) is 11.4 Å². The highest BCUT2D eigenvalue weighted by Gasteiger charge is 2.36. The van der Waals surface area contributed by atoms with Crippen LogP contribution in [0, 0.1) is 0 Å². The van der Waals surface area contributed by atoms with E-state index >= 15 is 0 Å². The van der Waals surface area contributed by atoms with Crippen LogP contribution in [0.4, 0.5) is 0 Å². The van der Waals surface area contributed by atoms with Gasteiger partial charge in [-0.3, -0.25) is 0 Å². The first-order valence-corrected chi connectivity index (χ1v) is 9.11. The van der Waals surface area contributed by atoms with Gasteiger partial charge < -0.3 is 15.0 Å². The van der Waals surface area contributed by atoms with Gasteiger partial charge in [-0.1, -0.05) is 36.4 Å². The van der Waals surface area contributed by atoms with Crippen molar-refractivity contribution in [2.24, 2.45) is 0 Å². The molecule has 1 heterocycles. The molecular formula is C21H25N3O. The van der Waals surface area contributed by atoms with Crippen LogP contribution >= 0.6 is 0 Å². The molecule has 0 bridgehead atoms. The first kappa shape index (κ1) is 16.3. The predicted octanol–water partition coefficient (Wildman–Crippen LogP) is 3.54. The number of aromatic nitrogens is 2. The van der Waals surface area contributed by atoms with Crippen molar-refractivity contribution in [3.63, 3.8) is 0 Å². The minimum Gasteiger partial charge on any atom is -0.384 e. The topological polar surface area (TPSA) is 50.1 Å². The largest absolute Gasteiger partial charge is 0.384 e. The molecule has 2 N–H and O–H groups in total. The Labute approximate surface area is 148 Å². The molecule has 0 amide bonds. The molecule has 25 heavy (non-hydrogen) atoms. The van der Waals surface area contributed by atoms with Gasteiger partial charge in [0.25, 0.3) is 0 Å². The highest BCUT2D eigenvalue weighted by molar-refractivity contribution is 5.76. The van der Waals surface area contributed by atoms with Gasteiger partial charge in [0.2, 0.25) is 0 Å². The minimum absolute atomic E-state index is 0.0733. The Morgan fingerprint density at radius 2 is 1.96 bits per heavy atom. The molecule has 0 radical (unpaired) electrons. The van der Waals surface area contributed by atoms with Crippen molar-refractivity contribution < 1.29 is 5.11 Å². The molecule has 4 rings (SSSR count). The molecule has 3 aromatic rings. The van der Waals surface area contributed by atoms with Crippen molar-refractivity contribution in [3.05, 3.63) is 65.5 Å². The summed E-state index contributed by atoms with van der Waals surface area (Å²) in [6.07, 6.45) is 1.71. The second kappa shape index (κ2) is 6.28. The summed E-state index contributed by atoms with van der Waals surface area (Å²) in [4.78, 5) is 4.81. The van der Waals surface area contributed by atoms with E-state index in [2.05, 4.69) is 54.1 Å². The third-order valence-corrected chi connectivity index (χ3v) is 5.41.